The molecule has 0 aliphatic carbocycles. The van der Waals surface area contributed by atoms with Crippen LogP contribution in [0.4, 0.5) is 0 Å². The third-order valence-corrected chi connectivity index (χ3v) is 3.20. The molecule has 86 valence electrons. The molecule has 16 heavy (non-hydrogen) atoms. The molecule has 0 fully saturated rings. The van der Waals surface area contributed by atoms with Crippen LogP contribution in [0, 0.1) is 16.7 Å². The van der Waals surface area contributed by atoms with Crippen LogP contribution < -0.4 is 0 Å². The Morgan fingerprint density at radius 1 is 1.25 bits per heavy atom. The Hall–Kier alpha value is -0.850. The van der Waals surface area contributed by atoms with Crippen molar-refractivity contribution >= 4 is 15.9 Å². The van der Waals surface area contributed by atoms with E-state index in [-0.39, 0.29) is 6.04 Å². The topological polar surface area (TPSA) is 27.0 Å². The zero-order valence-electron chi connectivity index (χ0n) is 10.2. The summed E-state index contributed by atoms with van der Waals surface area (Å²) in [6, 6.07) is 10.6. The minimum absolute atomic E-state index is 0.102. The highest BCUT2D eigenvalue weighted by molar-refractivity contribution is 9.10. The van der Waals surface area contributed by atoms with Gasteiger partial charge in [-0.2, -0.15) is 5.26 Å². The van der Waals surface area contributed by atoms with Crippen LogP contribution in [0.2, 0.25) is 0 Å². The first-order valence-electron chi connectivity index (χ1n) is 5.21. The fourth-order valence-electron chi connectivity index (χ4n) is 2.07. The molecule has 0 aromatic heterocycles. The Labute approximate surface area is 106 Å². The number of nitrogens with zero attached hydrogens (tertiary/aromatic N) is 2. The molecule has 0 aliphatic rings. The number of halogens is 1. The molecule has 1 aromatic rings. The molecule has 0 saturated heterocycles. The van der Waals surface area contributed by atoms with Gasteiger partial charge in [0.1, 0.15) is 0 Å². The Morgan fingerprint density at radius 3 is 2.12 bits per heavy atom. The average Bonchev–Trinajstić information content (AvgIpc) is 2.20. The van der Waals surface area contributed by atoms with Gasteiger partial charge in [0, 0.05) is 4.47 Å². The quantitative estimate of drug-likeness (QED) is 0.846. The summed E-state index contributed by atoms with van der Waals surface area (Å²) in [6.07, 6.45) is 0. The molecule has 1 aromatic carbocycles. The van der Waals surface area contributed by atoms with Crippen molar-refractivity contribution in [3.05, 3.63) is 34.3 Å². The zero-order valence-corrected chi connectivity index (χ0v) is 11.7. The molecule has 0 spiro atoms. The summed E-state index contributed by atoms with van der Waals surface area (Å²) in [5.74, 6) is 0. The molecule has 0 bridgehead atoms. The van der Waals surface area contributed by atoms with Crippen LogP contribution in [0.3, 0.4) is 0 Å². The lowest BCUT2D eigenvalue weighted by molar-refractivity contribution is 0.185. The summed E-state index contributed by atoms with van der Waals surface area (Å²) in [4.78, 5) is 2.09. The van der Waals surface area contributed by atoms with E-state index in [1.54, 1.807) is 0 Å². The van der Waals surface area contributed by atoms with Gasteiger partial charge < -0.3 is 4.90 Å². The first-order chi connectivity index (χ1) is 7.38. The first-order valence-corrected chi connectivity index (χ1v) is 6.01. The molecule has 0 amide bonds. The first kappa shape index (κ1) is 13.2. The van der Waals surface area contributed by atoms with Crippen LogP contribution in [0.15, 0.2) is 28.7 Å². The second kappa shape index (κ2) is 4.99. The summed E-state index contributed by atoms with van der Waals surface area (Å²) in [5.41, 5.74) is 0.761. The predicted molar refractivity (Wildman–Crippen MR) is 70.0 cm³/mol. The van der Waals surface area contributed by atoms with E-state index >= 15 is 0 Å². The van der Waals surface area contributed by atoms with Gasteiger partial charge in [-0.05, 0) is 45.6 Å². The van der Waals surface area contributed by atoms with E-state index in [1.807, 2.05) is 40.1 Å². The third-order valence-electron chi connectivity index (χ3n) is 2.67. The van der Waals surface area contributed by atoms with Crippen LogP contribution in [0.5, 0.6) is 0 Å². The lowest BCUT2D eigenvalue weighted by Crippen LogP contribution is -2.32. The van der Waals surface area contributed by atoms with Crippen LogP contribution in [0.25, 0.3) is 0 Å². The van der Waals surface area contributed by atoms with E-state index < -0.39 is 5.41 Å². The number of hydrogen-bond donors (Lipinski definition) is 0. The molecular weight excluding hydrogens is 264 g/mol. The molecule has 2 nitrogen and oxygen atoms in total. The molecule has 3 heteroatoms. The largest absolute Gasteiger partial charge is 0.301 e. The van der Waals surface area contributed by atoms with Crippen molar-refractivity contribution in [1.29, 1.82) is 5.26 Å². The normalized spacial score (nSPS) is 13.6. The fourth-order valence-corrected chi connectivity index (χ4v) is 2.33. The second-order valence-electron chi connectivity index (χ2n) is 4.75. The highest BCUT2D eigenvalue weighted by Crippen LogP contribution is 2.36. The van der Waals surface area contributed by atoms with Crippen molar-refractivity contribution in [3.63, 3.8) is 0 Å². The highest BCUT2D eigenvalue weighted by atomic mass is 79.9. The molecule has 1 rings (SSSR count). The van der Waals surface area contributed by atoms with E-state index in [4.69, 9.17) is 0 Å². The zero-order chi connectivity index (χ0) is 12.3. The van der Waals surface area contributed by atoms with Gasteiger partial charge >= 0.3 is 0 Å². The smallest absolute Gasteiger partial charge is 0.0714 e. The number of benzene rings is 1. The van der Waals surface area contributed by atoms with E-state index in [0.29, 0.717) is 0 Å². The summed E-state index contributed by atoms with van der Waals surface area (Å²) in [5, 5.41) is 9.24. The van der Waals surface area contributed by atoms with E-state index in [2.05, 4.69) is 39.0 Å². The van der Waals surface area contributed by atoms with Gasteiger partial charge in [0.05, 0.1) is 17.5 Å². The Morgan fingerprint density at radius 2 is 1.75 bits per heavy atom. The Kier molecular flexibility index (Phi) is 4.12. The van der Waals surface area contributed by atoms with E-state index in [0.717, 1.165) is 4.47 Å². The predicted octanol–water partition coefficient (Wildman–Crippen LogP) is 3.60. The maximum absolute atomic E-state index is 9.24. The van der Waals surface area contributed by atoms with Crippen molar-refractivity contribution in [2.75, 3.05) is 14.1 Å². The van der Waals surface area contributed by atoms with Gasteiger partial charge in [-0.3, -0.25) is 0 Å². The van der Waals surface area contributed by atoms with Gasteiger partial charge in [0.2, 0.25) is 0 Å². The van der Waals surface area contributed by atoms with Gasteiger partial charge in [0.25, 0.3) is 0 Å². The van der Waals surface area contributed by atoms with Gasteiger partial charge in [-0.1, -0.05) is 28.1 Å². The average molecular weight is 281 g/mol. The van der Waals surface area contributed by atoms with Crippen LogP contribution in [-0.4, -0.2) is 19.0 Å². The Balaban J connectivity index is 3.14. The van der Waals surface area contributed by atoms with Crippen molar-refractivity contribution in [1.82, 2.24) is 4.90 Å². The van der Waals surface area contributed by atoms with E-state index in [9.17, 15) is 5.26 Å². The van der Waals surface area contributed by atoms with Crippen molar-refractivity contribution in [2.45, 2.75) is 19.9 Å². The highest BCUT2D eigenvalue weighted by Gasteiger charge is 2.32. The van der Waals surface area contributed by atoms with Crippen LogP contribution in [0.1, 0.15) is 25.5 Å². The molecule has 0 saturated carbocycles. The Bertz CT molecular complexity index is 387. The van der Waals surface area contributed by atoms with Gasteiger partial charge in [-0.25, -0.2) is 0 Å². The number of rotatable bonds is 3. The molecule has 0 aliphatic heterocycles. The number of hydrogen-bond acceptors (Lipinski definition) is 2. The third kappa shape index (κ3) is 2.84. The summed E-state index contributed by atoms with van der Waals surface area (Å²) >= 11 is 3.42. The molecule has 1 unspecified atom stereocenters. The maximum atomic E-state index is 9.24. The van der Waals surface area contributed by atoms with Crippen molar-refractivity contribution < 1.29 is 0 Å². The summed E-state index contributed by atoms with van der Waals surface area (Å²) in [6.45, 7) is 3.94. The van der Waals surface area contributed by atoms with Crippen LogP contribution in [-0.2, 0) is 0 Å². The SMILES string of the molecule is CN(C)C(c1ccc(Br)cc1)C(C)(C)C#N. The minimum Gasteiger partial charge on any atom is -0.301 e. The fraction of sp³-hybridized carbons (Fsp3) is 0.462. The molecular formula is C13H17BrN2. The van der Waals surface area contributed by atoms with Gasteiger partial charge in [0.15, 0.2) is 0 Å². The molecule has 1 atom stereocenters. The minimum atomic E-state index is -0.405. The molecule has 0 N–H and O–H groups in total. The summed E-state index contributed by atoms with van der Waals surface area (Å²) in [7, 11) is 4.01. The standard InChI is InChI=1S/C13H17BrN2/c1-13(2,9-15)12(16(3)4)10-5-7-11(14)8-6-10/h5-8,12H,1-4H3. The van der Waals surface area contributed by atoms with E-state index in [1.165, 1.54) is 5.56 Å². The van der Waals surface area contributed by atoms with Crippen molar-refractivity contribution in [2.24, 2.45) is 5.41 Å². The van der Waals surface area contributed by atoms with Crippen LogP contribution >= 0.6 is 15.9 Å². The molecule has 0 heterocycles. The summed E-state index contributed by atoms with van der Waals surface area (Å²) < 4.78 is 1.06. The maximum Gasteiger partial charge on any atom is 0.0714 e. The number of nitriles is 1. The lowest BCUT2D eigenvalue weighted by Gasteiger charge is -2.34. The van der Waals surface area contributed by atoms with Gasteiger partial charge in [-0.15, -0.1) is 0 Å². The van der Waals surface area contributed by atoms with Crippen molar-refractivity contribution in [3.8, 4) is 6.07 Å². The second-order valence-corrected chi connectivity index (χ2v) is 5.67. The molecule has 0 radical (unpaired) electrons. The lowest BCUT2D eigenvalue weighted by atomic mass is 9.81. The monoisotopic (exact) mass is 280 g/mol.